The van der Waals surface area contributed by atoms with E-state index in [1.807, 2.05) is 13.8 Å². The zero-order valence-corrected chi connectivity index (χ0v) is 14.4. The number of ether oxygens (including phenoxy) is 1. The van der Waals surface area contributed by atoms with Gasteiger partial charge < -0.3 is 10.5 Å². The predicted octanol–water partition coefficient (Wildman–Crippen LogP) is 2.57. The molecule has 0 radical (unpaired) electrons. The highest BCUT2D eigenvalue weighted by Gasteiger charge is 2.24. The number of aryl methyl sites for hydroxylation is 1. The second-order valence-corrected chi connectivity index (χ2v) is 8.01. The fourth-order valence-electron chi connectivity index (χ4n) is 1.71. The first-order valence-corrected chi connectivity index (χ1v) is 8.49. The first kappa shape index (κ1) is 18.2. The summed E-state index contributed by atoms with van der Waals surface area (Å²) in [5.41, 5.74) is 6.70. The normalized spacial score (nSPS) is 12.6. The summed E-state index contributed by atoms with van der Waals surface area (Å²) in [6, 6.07) is 2.95. The molecule has 0 amide bonds. The van der Waals surface area contributed by atoms with E-state index in [1.165, 1.54) is 6.07 Å². The van der Waals surface area contributed by atoms with E-state index < -0.39 is 10.0 Å². The number of anilines is 1. The van der Waals surface area contributed by atoms with Gasteiger partial charge in [0.2, 0.25) is 10.0 Å². The van der Waals surface area contributed by atoms with Gasteiger partial charge in [-0.25, -0.2) is 13.1 Å². The summed E-state index contributed by atoms with van der Waals surface area (Å²) in [5, 5.41) is 0.170. The van der Waals surface area contributed by atoms with Crippen LogP contribution in [0.25, 0.3) is 0 Å². The van der Waals surface area contributed by atoms with Crippen molar-refractivity contribution in [2.24, 2.45) is 5.41 Å². The lowest BCUT2D eigenvalue weighted by molar-refractivity contribution is 0.153. The van der Waals surface area contributed by atoms with Crippen LogP contribution in [0.5, 0.6) is 0 Å². The minimum atomic E-state index is -3.69. The fourth-order valence-corrected chi connectivity index (χ4v) is 3.57. The molecule has 1 aromatic rings. The molecule has 0 bridgehead atoms. The smallest absolute Gasteiger partial charge is 0.242 e. The molecule has 0 fully saturated rings. The van der Waals surface area contributed by atoms with E-state index in [1.54, 1.807) is 20.1 Å². The lowest BCUT2D eigenvalue weighted by atomic mass is 9.90. The first-order valence-electron chi connectivity index (χ1n) is 6.63. The van der Waals surface area contributed by atoms with Crippen LogP contribution in [0.1, 0.15) is 25.8 Å². The van der Waals surface area contributed by atoms with Crippen LogP contribution in [-0.2, 0) is 14.8 Å². The van der Waals surface area contributed by atoms with Gasteiger partial charge in [-0.2, -0.15) is 0 Å². The molecule has 0 unspecified atom stereocenters. The van der Waals surface area contributed by atoms with Gasteiger partial charge in [0.15, 0.2) is 0 Å². The molecule has 0 aliphatic carbocycles. The molecule has 0 heterocycles. The van der Waals surface area contributed by atoms with Gasteiger partial charge in [0, 0.05) is 25.9 Å². The molecule has 0 aliphatic heterocycles. The average molecular weight is 335 g/mol. The lowest BCUT2D eigenvalue weighted by Gasteiger charge is -2.24. The molecule has 0 aliphatic rings. The van der Waals surface area contributed by atoms with E-state index in [-0.39, 0.29) is 15.3 Å². The SMILES string of the molecule is COCCC(C)(C)CNS(=O)(=O)c1cc(N)c(C)cc1Cl. The summed E-state index contributed by atoms with van der Waals surface area (Å²) in [6.45, 7) is 6.59. The van der Waals surface area contributed by atoms with Crippen molar-refractivity contribution in [3.63, 3.8) is 0 Å². The highest BCUT2D eigenvalue weighted by molar-refractivity contribution is 7.89. The lowest BCUT2D eigenvalue weighted by Crippen LogP contribution is -2.34. The van der Waals surface area contributed by atoms with Gasteiger partial charge in [0.05, 0.1) is 5.02 Å². The number of nitrogen functional groups attached to an aromatic ring is 1. The molecule has 21 heavy (non-hydrogen) atoms. The zero-order valence-electron chi connectivity index (χ0n) is 12.9. The van der Waals surface area contributed by atoms with Crippen LogP contribution in [0, 0.1) is 12.3 Å². The fraction of sp³-hybridized carbons (Fsp3) is 0.571. The maximum atomic E-state index is 12.4. The van der Waals surface area contributed by atoms with Crippen LogP contribution in [-0.4, -0.2) is 28.7 Å². The maximum absolute atomic E-state index is 12.4. The summed E-state index contributed by atoms with van der Waals surface area (Å²) in [6.07, 6.45) is 0.746. The summed E-state index contributed by atoms with van der Waals surface area (Å²) >= 11 is 6.02. The Morgan fingerprint density at radius 2 is 2.00 bits per heavy atom. The number of nitrogens with two attached hydrogens (primary N) is 1. The van der Waals surface area contributed by atoms with Gasteiger partial charge in [0.25, 0.3) is 0 Å². The Kier molecular flexibility index (Phi) is 6.04. The van der Waals surface area contributed by atoms with E-state index in [0.717, 1.165) is 12.0 Å². The number of methoxy groups -OCH3 is 1. The number of halogens is 1. The van der Waals surface area contributed by atoms with Gasteiger partial charge in [-0.1, -0.05) is 25.4 Å². The monoisotopic (exact) mass is 334 g/mol. The molecule has 1 aromatic carbocycles. The Labute approximate surface area is 131 Å². The molecule has 1 rings (SSSR count). The topological polar surface area (TPSA) is 81.4 Å². The van der Waals surface area contributed by atoms with E-state index in [9.17, 15) is 8.42 Å². The number of sulfonamides is 1. The predicted molar refractivity (Wildman–Crippen MR) is 86.1 cm³/mol. The summed E-state index contributed by atoms with van der Waals surface area (Å²) < 4.78 is 32.3. The van der Waals surface area contributed by atoms with E-state index in [2.05, 4.69) is 4.72 Å². The standard InChI is InChI=1S/C14H23ClN2O3S/c1-10-7-11(15)13(8-12(10)16)21(18,19)17-9-14(2,3)5-6-20-4/h7-8,17H,5-6,9,16H2,1-4H3. The molecule has 0 saturated heterocycles. The van der Waals surface area contributed by atoms with Gasteiger partial charge in [-0.15, -0.1) is 0 Å². The number of hydrogen-bond acceptors (Lipinski definition) is 4. The molecule has 7 heteroatoms. The van der Waals surface area contributed by atoms with Gasteiger partial charge in [-0.05, 0) is 36.5 Å². The van der Waals surface area contributed by atoms with Crippen molar-refractivity contribution in [2.45, 2.75) is 32.1 Å². The van der Waals surface area contributed by atoms with E-state index in [4.69, 9.17) is 22.1 Å². The largest absolute Gasteiger partial charge is 0.398 e. The molecule has 5 nitrogen and oxygen atoms in total. The van der Waals surface area contributed by atoms with Gasteiger partial charge in [-0.3, -0.25) is 0 Å². The van der Waals surface area contributed by atoms with Crippen molar-refractivity contribution in [2.75, 3.05) is 26.0 Å². The van der Waals surface area contributed by atoms with Crippen molar-refractivity contribution in [3.8, 4) is 0 Å². The second-order valence-electron chi connectivity index (χ2n) is 5.87. The molecule has 0 saturated carbocycles. The summed E-state index contributed by atoms with van der Waals surface area (Å²) in [7, 11) is -2.07. The van der Waals surface area contributed by atoms with Crippen molar-refractivity contribution in [3.05, 3.63) is 22.7 Å². The van der Waals surface area contributed by atoms with Crippen molar-refractivity contribution >= 4 is 27.3 Å². The zero-order chi connectivity index (χ0) is 16.3. The number of rotatable bonds is 7. The Hall–Kier alpha value is -0.820. The Morgan fingerprint density at radius 3 is 2.57 bits per heavy atom. The number of benzene rings is 1. The van der Waals surface area contributed by atoms with Crippen LogP contribution in [0.3, 0.4) is 0 Å². The molecule has 0 spiro atoms. The Morgan fingerprint density at radius 1 is 1.38 bits per heavy atom. The summed E-state index contributed by atoms with van der Waals surface area (Å²) in [5.74, 6) is 0. The third kappa shape index (κ3) is 5.14. The van der Waals surface area contributed by atoms with Crippen LogP contribution in [0.2, 0.25) is 5.02 Å². The molecular weight excluding hydrogens is 312 g/mol. The highest BCUT2D eigenvalue weighted by atomic mass is 35.5. The minimum Gasteiger partial charge on any atom is -0.398 e. The minimum absolute atomic E-state index is 0.00908. The molecule has 120 valence electrons. The van der Waals surface area contributed by atoms with E-state index in [0.29, 0.717) is 18.8 Å². The Bertz CT molecular complexity index is 600. The number of nitrogens with one attached hydrogen (secondary N) is 1. The average Bonchev–Trinajstić information content (AvgIpc) is 2.38. The Balaban J connectivity index is 2.90. The third-order valence-electron chi connectivity index (χ3n) is 3.33. The first-order chi connectivity index (χ1) is 9.59. The van der Waals surface area contributed by atoms with Crippen LogP contribution in [0.4, 0.5) is 5.69 Å². The van der Waals surface area contributed by atoms with E-state index >= 15 is 0 Å². The third-order valence-corrected chi connectivity index (χ3v) is 5.20. The highest BCUT2D eigenvalue weighted by Crippen LogP contribution is 2.27. The molecule has 3 N–H and O–H groups in total. The van der Waals surface area contributed by atoms with Crippen LogP contribution >= 0.6 is 11.6 Å². The maximum Gasteiger partial charge on any atom is 0.242 e. The van der Waals surface area contributed by atoms with Gasteiger partial charge >= 0.3 is 0 Å². The van der Waals surface area contributed by atoms with Crippen molar-refractivity contribution < 1.29 is 13.2 Å². The quantitative estimate of drug-likeness (QED) is 0.751. The molecule has 0 atom stereocenters. The summed E-state index contributed by atoms with van der Waals surface area (Å²) in [4.78, 5) is 0.00908. The van der Waals surface area contributed by atoms with Crippen molar-refractivity contribution in [1.29, 1.82) is 0 Å². The molecule has 0 aromatic heterocycles. The van der Waals surface area contributed by atoms with Crippen LogP contribution < -0.4 is 10.5 Å². The second kappa shape index (κ2) is 6.96. The number of hydrogen-bond donors (Lipinski definition) is 2. The van der Waals surface area contributed by atoms with Crippen molar-refractivity contribution in [1.82, 2.24) is 4.72 Å². The van der Waals surface area contributed by atoms with Crippen LogP contribution in [0.15, 0.2) is 17.0 Å². The molecular formula is C14H23ClN2O3S. The van der Waals surface area contributed by atoms with Gasteiger partial charge in [0.1, 0.15) is 4.90 Å².